The molecule has 2 aromatic carbocycles. The molecule has 0 radical (unpaired) electrons. The Labute approximate surface area is 169 Å². The highest BCUT2D eigenvalue weighted by molar-refractivity contribution is 6.00. The number of methoxy groups -OCH3 is 1. The summed E-state index contributed by atoms with van der Waals surface area (Å²) in [6, 6.07) is 13.6. The molecule has 0 aliphatic carbocycles. The third-order valence-electron chi connectivity index (χ3n) is 4.32. The number of esters is 1. The summed E-state index contributed by atoms with van der Waals surface area (Å²) in [5.74, 6) is -1.34. The number of ketones is 1. The summed E-state index contributed by atoms with van der Waals surface area (Å²) in [5, 5.41) is 5.12. The summed E-state index contributed by atoms with van der Waals surface area (Å²) >= 11 is 0. The SMILES string of the molecule is CCc1ccc(C(=O)CCC(=O)Nc2ccc(C(=O)NCC(=O)OC)cc2)cc1. The molecule has 2 amide bonds. The van der Waals surface area contributed by atoms with E-state index in [0.717, 1.165) is 12.0 Å². The van der Waals surface area contributed by atoms with Gasteiger partial charge in [-0.1, -0.05) is 31.2 Å². The Bertz CT molecular complexity index is 873. The number of hydrogen-bond donors (Lipinski definition) is 2. The second-order valence-electron chi connectivity index (χ2n) is 6.36. The monoisotopic (exact) mass is 396 g/mol. The van der Waals surface area contributed by atoms with Gasteiger partial charge in [0.25, 0.3) is 5.91 Å². The Morgan fingerprint density at radius 3 is 2.07 bits per heavy atom. The van der Waals surface area contributed by atoms with Gasteiger partial charge in [-0.05, 0) is 36.2 Å². The van der Waals surface area contributed by atoms with Crippen molar-refractivity contribution < 1.29 is 23.9 Å². The largest absolute Gasteiger partial charge is 0.468 e. The lowest BCUT2D eigenvalue weighted by Crippen LogP contribution is -2.30. The third-order valence-corrected chi connectivity index (χ3v) is 4.32. The van der Waals surface area contributed by atoms with Crippen LogP contribution >= 0.6 is 0 Å². The number of anilines is 1. The van der Waals surface area contributed by atoms with Crippen LogP contribution in [-0.2, 0) is 20.7 Å². The van der Waals surface area contributed by atoms with Crippen LogP contribution in [0.5, 0.6) is 0 Å². The van der Waals surface area contributed by atoms with Crippen molar-refractivity contribution in [2.45, 2.75) is 26.2 Å². The van der Waals surface area contributed by atoms with E-state index >= 15 is 0 Å². The van der Waals surface area contributed by atoms with E-state index in [0.29, 0.717) is 16.8 Å². The predicted molar refractivity (Wildman–Crippen MR) is 109 cm³/mol. The van der Waals surface area contributed by atoms with Gasteiger partial charge in [-0.3, -0.25) is 19.2 Å². The second kappa shape index (κ2) is 10.8. The van der Waals surface area contributed by atoms with E-state index in [-0.39, 0.29) is 31.1 Å². The fraction of sp³-hybridized carbons (Fsp3) is 0.273. The molecule has 0 atom stereocenters. The Kier molecular flexibility index (Phi) is 8.09. The van der Waals surface area contributed by atoms with E-state index < -0.39 is 11.9 Å². The first kappa shape index (κ1) is 21.8. The van der Waals surface area contributed by atoms with Gasteiger partial charge in [-0.25, -0.2) is 0 Å². The maximum absolute atomic E-state index is 12.2. The molecule has 0 saturated carbocycles. The molecule has 0 aromatic heterocycles. The van der Waals surface area contributed by atoms with Crippen LogP contribution in [0.15, 0.2) is 48.5 Å². The number of ether oxygens (including phenoxy) is 1. The van der Waals surface area contributed by atoms with Gasteiger partial charge in [-0.15, -0.1) is 0 Å². The van der Waals surface area contributed by atoms with Crippen molar-refractivity contribution in [3.05, 3.63) is 65.2 Å². The zero-order chi connectivity index (χ0) is 21.2. The van der Waals surface area contributed by atoms with Gasteiger partial charge in [0, 0.05) is 29.7 Å². The van der Waals surface area contributed by atoms with Crippen LogP contribution in [0, 0.1) is 0 Å². The van der Waals surface area contributed by atoms with Crippen molar-refractivity contribution in [1.29, 1.82) is 0 Å². The van der Waals surface area contributed by atoms with Crippen molar-refractivity contribution in [2.75, 3.05) is 19.0 Å². The molecule has 2 N–H and O–H groups in total. The predicted octanol–water partition coefficient (Wildman–Crippen LogP) is 2.75. The molecule has 7 heteroatoms. The number of Topliss-reactive ketones (excluding diaryl/α,β-unsaturated/α-hetero) is 1. The topological polar surface area (TPSA) is 102 Å². The Hall–Kier alpha value is -3.48. The molecule has 0 aliphatic rings. The second-order valence-corrected chi connectivity index (χ2v) is 6.36. The Balaban J connectivity index is 1.81. The Morgan fingerprint density at radius 1 is 0.862 bits per heavy atom. The molecule has 2 aromatic rings. The maximum atomic E-state index is 12.2. The van der Waals surface area contributed by atoms with Crippen molar-refractivity contribution >= 4 is 29.3 Å². The highest BCUT2D eigenvalue weighted by Crippen LogP contribution is 2.12. The maximum Gasteiger partial charge on any atom is 0.325 e. The van der Waals surface area contributed by atoms with Gasteiger partial charge < -0.3 is 15.4 Å². The van der Waals surface area contributed by atoms with Crippen molar-refractivity contribution in [1.82, 2.24) is 5.32 Å². The first-order valence-electron chi connectivity index (χ1n) is 9.30. The van der Waals surface area contributed by atoms with Crippen molar-refractivity contribution in [3.8, 4) is 0 Å². The number of nitrogens with one attached hydrogen (secondary N) is 2. The first-order valence-corrected chi connectivity index (χ1v) is 9.30. The fourth-order valence-corrected chi connectivity index (χ4v) is 2.55. The lowest BCUT2D eigenvalue weighted by molar-refractivity contribution is -0.139. The van der Waals surface area contributed by atoms with E-state index in [1.807, 2.05) is 19.1 Å². The molecular formula is C22H24N2O5. The minimum absolute atomic E-state index is 0.0652. The van der Waals surface area contributed by atoms with Crippen molar-refractivity contribution in [3.63, 3.8) is 0 Å². The minimum Gasteiger partial charge on any atom is -0.468 e. The van der Waals surface area contributed by atoms with E-state index in [1.54, 1.807) is 24.3 Å². The lowest BCUT2D eigenvalue weighted by Gasteiger charge is -2.07. The van der Waals surface area contributed by atoms with Gasteiger partial charge in [0.2, 0.25) is 5.91 Å². The average Bonchev–Trinajstić information content (AvgIpc) is 2.76. The Morgan fingerprint density at radius 2 is 1.48 bits per heavy atom. The number of benzene rings is 2. The molecule has 2 rings (SSSR count). The molecule has 152 valence electrons. The van der Waals surface area contributed by atoms with E-state index in [4.69, 9.17) is 0 Å². The summed E-state index contributed by atoms with van der Waals surface area (Å²) in [6.45, 7) is 1.82. The molecule has 0 spiro atoms. The van der Waals surface area contributed by atoms with Gasteiger partial charge in [-0.2, -0.15) is 0 Å². The quantitative estimate of drug-likeness (QED) is 0.501. The molecule has 0 unspecified atom stereocenters. The zero-order valence-electron chi connectivity index (χ0n) is 16.5. The highest BCUT2D eigenvalue weighted by Gasteiger charge is 2.11. The minimum atomic E-state index is -0.543. The summed E-state index contributed by atoms with van der Waals surface area (Å²) in [5.41, 5.74) is 2.61. The van der Waals surface area contributed by atoms with Crippen LogP contribution < -0.4 is 10.6 Å². The number of carbonyl (C=O) groups excluding carboxylic acids is 4. The third kappa shape index (κ3) is 6.88. The van der Waals surface area contributed by atoms with Crippen LogP contribution in [0.25, 0.3) is 0 Å². The standard InChI is InChI=1S/C22H24N2O5/c1-3-15-4-6-16(7-5-15)19(25)12-13-20(26)24-18-10-8-17(9-11-18)22(28)23-14-21(27)29-2/h4-11H,3,12-14H2,1-2H3,(H,23,28)(H,24,26). The van der Waals surface area contributed by atoms with Crippen LogP contribution in [0.1, 0.15) is 46.0 Å². The summed E-state index contributed by atoms with van der Waals surface area (Å²) in [7, 11) is 1.24. The van der Waals surface area contributed by atoms with Gasteiger partial charge >= 0.3 is 5.97 Å². The van der Waals surface area contributed by atoms with Crippen LogP contribution in [0.2, 0.25) is 0 Å². The average molecular weight is 396 g/mol. The smallest absolute Gasteiger partial charge is 0.325 e. The van der Waals surface area contributed by atoms with Crippen LogP contribution in [0.3, 0.4) is 0 Å². The molecule has 0 heterocycles. The molecule has 29 heavy (non-hydrogen) atoms. The fourth-order valence-electron chi connectivity index (χ4n) is 2.55. The van der Waals surface area contributed by atoms with E-state index in [9.17, 15) is 19.2 Å². The molecule has 0 saturated heterocycles. The summed E-state index contributed by atoms with van der Waals surface area (Å²) < 4.78 is 4.45. The normalized spacial score (nSPS) is 10.1. The molecule has 0 fully saturated rings. The van der Waals surface area contributed by atoms with Crippen LogP contribution in [-0.4, -0.2) is 37.2 Å². The molecular weight excluding hydrogens is 372 g/mol. The number of aryl methyl sites for hydroxylation is 1. The molecule has 0 bridgehead atoms. The van der Waals surface area contributed by atoms with Crippen LogP contribution in [0.4, 0.5) is 5.69 Å². The highest BCUT2D eigenvalue weighted by atomic mass is 16.5. The zero-order valence-corrected chi connectivity index (χ0v) is 16.5. The lowest BCUT2D eigenvalue weighted by atomic mass is 10.0. The molecule has 0 aliphatic heterocycles. The van der Waals surface area contributed by atoms with Gasteiger partial charge in [0.1, 0.15) is 6.54 Å². The number of amides is 2. The van der Waals surface area contributed by atoms with E-state index in [1.165, 1.54) is 19.2 Å². The summed E-state index contributed by atoms with van der Waals surface area (Å²) in [6.07, 6.45) is 1.09. The van der Waals surface area contributed by atoms with E-state index in [2.05, 4.69) is 15.4 Å². The first-order chi connectivity index (χ1) is 13.9. The van der Waals surface area contributed by atoms with Crippen molar-refractivity contribution in [2.24, 2.45) is 0 Å². The number of hydrogen-bond acceptors (Lipinski definition) is 5. The van der Waals surface area contributed by atoms with Gasteiger partial charge in [0.05, 0.1) is 7.11 Å². The number of rotatable bonds is 9. The molecule has 7 nitrogen and oxygen atoms in total. The number of carbonyl (C=O) groups is 4. The van der Waals surface area contributed by atoms with Gasteiger partial charge in [0.15, 0.2) is 5.78 Å². The summed E-state index contributed by atoms with van der Waals surface area (Å²) in [4.78, 5) is 47.2.